The zero-order valence-electron chi connectivity index (χ0n) is 57.9. The Morgan fingerprint density at radius 1 is 0.410 bits per heavy atom. The molecule has 5 aromatic carbocycles. The predicted molar refractivity (Wildman–Crippen MR) is 396 cm³/mol. The molecular formula is C71H96FN15O10S3. The number of aromatic nitrogens is 1. The number of anilines is 9. The molecule has 25 nitrogen and oxygen atoms in total. The van der Waals surface area contributed by atoms with E-state index in [9.17, 15) is 48.8 Å². The molecule has 5 fully saturated rings. The number of benzene rings is 5. The molecule has 9 aliphatic heterocycles. The van der Waals surface area contributed by atoms with Crippen molar-refractivity contribution in [3.05, 3.63) is 127 Å². The molecule has 100 heavy (non-hydrogen) atoms. The maximum absolute atomic E-state index is 13.2. The molecule has 0 atom stereocenters. The van der Waals surface area contributed by atoms with E-state index < -0.39 is 30.1 Å². The summed E-state index contributed by atoms with van der Waals surface area (Å²) in [6.45, 7) is 15.9. The van der Waals surface area contributed by atoms with E-state index in [4.69, 9.17) is 0 Å². The van der Waals surface area contributed by atoms with Gasteiger partial charge in [-0.15, -0.1) is 0 Å². The van der Waals surface area contributed by atoms with Crippen LogP contribution in [-0.2, 0) is 49.2 Å². The lowest BCUT2D eigenvalue weighted by Gasteiger charge is -2.42. The van der Waals surface area contributed by atoms with E-state index in [0.29, 0.717) is 83.6 Å². The fourth-order valence-corrected chi connectivity index (χ4v) is 17.7. The van der Waals surface area contributed by atoms with Crippen molar-refractivity contribution < 1.29 is 48.8 Å². The highest BCUT2D eigenvalue weighted by Gasteiger charge is 2.36. The third-order valence-electron chi connectivity index (χ3n) is 20.4. The van der Waals surface area contributed by atoms with Gasteiger partial charge in [0.25, 0.3) is 0 Å². The first kappa shape index (κ1) is 73.0. The fraction of sp³-hybridized carbons (Fsp3) is 0.493. The Hall–Kier alpha value is -8.22. The summed E-state index contributed by atoms with van der Waals surface area (Å²) in [4.78, 5) is 64.7. The van der Waals surface area contributed by atoms with Crippen LogP contribution in [0.15, 0.2) is 121 Å². The molecule has 540 valence electrons. The predicted octanol–water partition coefficient (Wildman–Crippen LogP) is 6.99. The summed E-state index contributed by atoms with van der Waals surface area (Å²) in [5, 5.41) is 13.6. The zero-order chi connectivity index (χ0) is 70.9. The van der Waals surface area contributed by atoms with Gasteiger partial charge in [0.05, 0.1) is 88.6 Å². The number of carbonyl (C=O) groups is 4. The first-order valence-corrected chi connectivity index (χ1v) is 40.3. The van der Waals surface area contributed by atoms with Gasteiger partial charge in [-0.05, 0) is 118 Å². The van der Waals surface area contributed by atoms with E-state index >= 15 is 0 Å². The van der Waals surface area contributed by atoms with E-state index in [1.165, 1.54) is 62.3 Å². The molecular weight excluding hydrogens is 1340 g/mol. The van der Waals surface area contributed by atoms with Crippen LogP contribution in [0, 0.1) is 5.82 Å². The minimum atomic E-state index is -3.12. The number of rotatable bonds is 8. The molecule has 9 aliphatic rings. The minimum Gasteiger partial charge on any atom is -0.382 e. The van der Waals surface area contributed by atoms with Crippen LogP contribution in [0.2, 0.25) is 0 Å². The van der Waals surface area contributed by atoms with Crippen molar-refractivity contribution in [1.29, 1.82) is 0 Å². The van der Waals surface area contributed by atoms with Gasteiger partial charge < -0.3 is 60.6 Å². The second-order valence-electron chi connectivity index (χ2n) is 26.9. The number of H-pyrrole nitrogens is 1. The number of fused-ring (bicyclic) bond motifs is 5. The number of hydrogen-bond acceptors (Lipinski definition) is 17. The van der Waals surface area contributed by atoms with Crippen LogP contribution in [0.5, 0.6) is 0 Å². The third kappa shape index (κ3) is 18.1. The summed E-state index contributed by atoms with van der Waals surface area (Å²) < 4.78 is 87.0. The summed E-state index contributed by atoms with van der Waals surface area (Å²) in [7, 11) is -9.27. The maximum Gasteiger partial charge on any atom is 0.243 e. The Morgan fingerprint density at radius 2 is 0.750 bits per heavy atom. The van der Waals surface area contributed by atoms with E-state index in [2.05, 4.69) is 93.2 Å². The van der Waals surface area contributed by atoms with Gasteiger partial charge in [0.1, 0.15) is 5.82 Å². The van der Waals surface area contributed by atoms with E-state index in [-0.39, 0.29) is 35.5 Å². The molecule has 0 saturated carbocycles. The van der Waals surface area contributed by atoms with Gasteiger partial charge >= 0.3 is 0 Å². The molecule has 0 radical (unpaired) electrons. The van der Waals surface area contributed by atoms with Gasteiger partial charge in [0.15, 0.2) is 0 Å². The lowest BCUT2D eigenvalue weighted by atomic mass is 10.0. The number of amides is 4. The summed E-state index contributed by atoms with van der Waals surface area (Å²) in [5.41, 5.74) is 10.6. The van der Waals surface area contributed by atoms with Crippen molar-refractivity contribution in [2.75, 3.05) is 182 Å². The van der Waals surface area contributed by atoms with Crippen molar-refractivity contribution >= 4 is 116 Å². The van der Waals surface area contributed by atoms with Gasteiger partial charge in [-0.3, -0.25) is 19.2 Å². The van der Waals surface area contributed by atoms with Gasteiger partial charge in [-0.1, -0.05) is 48.5 Å². The van der Waals surface area contributed by atoms with Crippen LogP contribution in [0.25, 0.3) is 10.9 Å². The fourth-order valence-electron chi connectivity index (χ4n) is 15.1. The number of para-hydroxylation sites is 8. The number of piperidine rings is 4. The number of halogens is 1. The highest BCUT2D eigenvalue weighted by Crippen LogP contribution is 2.38. The van der Waals surface area contributed by atoms with Crippen LogP contribution in [0.1, 0.15) is 65.2 Å². The van der Waals surface area contributed by atoms with Crippen molar-refractivity contribution in [3.63, 3.8) is 0 Å². The topological polar surface area (TPSA) is 267 Å². The number of likely N-dealkylation sites (tertiary alicyclic amines) is 2. The molecule has 5 saturated heterocycles. The molecule has 6 aromatic rings. The normalized spacial score (nSPS) is 19.9. The Morgan fingerprint density at radius 3 is 1.13 bits per heavy atom. The van der Waals surface area contributed by atoms with Crippen LogP contribution in [0.3, 0.4) is 0 Å². The summed E-state index contributed by atoms with van der Waals surface area (Å²) in [6.07, 6.45) is 12.9. The van der Waals surface area contributed by atoms with Crippen LogP contribution >= 0.6 is 0 Å². The Kier molecular flexibility index (Phi) is 23.5. The number of aromatic amines is 1. The Labute approximate surface area is 588 Å². The number of sulfonamides is 3. The van der Waals surface area contributed by atoms with Crippen molar-refractivity contribution in [2.24, 2.45) is 0 Å². The van der Waals surface area contributed by atoms with Crippen molar-refractivity contribution in [3.8, 4) is 0 Å². The molecule has 0 unspecified atom stereocenters. The summed E-state index contributed by atoms with van der Waals surface area (Å²) in [5.74, 6) is 0.101. The quantitative estimate of drug-likeness (QED) is 0.103. The first-order chi connectivity index (χ1) is 47.9. The van der Waals surface area contributed by atoms with Crippen LogP contribution < -0.4 is 45.8 Å². The second-order valence-corrected chi connectivity index (χ2v) is 32.9. The largest absolute Gasteiger partial charge is 0.382 e. The highest BCUT2D eigenvalue weighted by atomic mass is 32.2. The SMILES string of the molecule is CC(=O)N1CCC(N2CC(=O)Nc3ccccc32)CC1.CC(=O)N1CCC(N2CCNc3ccccc32)CC1.CS(=O)(=O)N1CCC(N2CC(=O)Nc3ccccc32)CC1.CS(=O)(=O)N1CCC(N2CCNc3ccccc32)CC1.CS(=O)(=O)N1CCN(c2c[nH]c3cc(F)ccc23)CC1. The monoisotopic (exact) mass is 1430 g/mol. The van der Waals surface area contributed by atoms with Gasteiger partial charge in [0.2, 0.25) is 53.7 Å². The molecule has 29 heteroatoms. The second kappa shape index (κ2) is 32.2. The first-order valence-electron chi connectivity index (χ1n) is 34.7. The Balaban J connectivity index is 0.000000126. The molecule has 0 bridgehead atoms. The number of nitrogens with zero attached hydrogens (tertiary/aromatic N) is 10. The Bertz CT molecular complexity index is 4200. The molecule has 4 amide bonds. The van der Waals surface area contributed by atoms with E-state index in [0.717, 1.165) is 143 Å². The molecule has 10 heterocycles. The summed E-state index contributed by atoms with van der Waals surface area (Å²) >= 11 is 0. The number of hydrogen-bond donors (Lipinski definition) is 5. The lowest BCUT2D eigenvalue weighted by Crippen LogP contribution is -2.50. The molecule has 15 rings (SSSR count). The maximum atomic E-state index is 13.2. The third-order valence-corrected chi connectivity index (χ3v) is 24.3. The van der Waals surface area contributed by atoms with E-state index in [1.54, 1.807) is 24.2 Å². The molecule has 1 aromatic heterocycles. The average molecular weight is 1430 g/mol. The zero-order valence-corrected chi connectivity index (χ0v) is 60.3. The van der Waals surface area contributed by atoms with Crippen LogP contribution in [0.4, 0.5) is 55.6 Å². The average Bonchev–Trinajstić information content (AvgIpc) is 1.27. The molecule has 5 N–H and O–H groups in total. The molecule has 0 aliphatic carbocycles. The van der Waals surface area contributed by atoms with Crippen molar-refractivity contribution in [1.82, 2.24) is 27.7 Å². The number of carbonyl (C=O) groups excluding carboxylic acids is 4. The highest BCUT2D eigenvalue weighted by molar-refractivity contribution is 7.88. The smallest absolute Gasteiger partial charge is 0.243 e. The number of nitrogens with one attached hydrogen (secondary N) is 5. The lowest BCUT2D eigenvalue weighted by molar-refractivity contribution is -0.130. The summed E-state index contributed by atoms with van der Waals surface area (Å²) in [6, 6.07) is 38.7. The van der Waals surface area contributed by atoms with E-state index in [1.807, 2.05) is 70.6 Å². The van der Waals surface area contributed by atoms with Gasteiger partial charge in [0, 0.05) is 154 Å². The van der Waals surface area contributed by atoms with Crippen molar-refractivity contribution in [2.45, 2.75) is 89.4 Å². The van der Waals surface area contributed by atoms with Crippen LogP contribution in [-0.4, -0.2) is 237 Å². The molecule has 0 spiro atoms. The number of piperazine rings is 1. The standard InChI is InChI=1S/C15H19N3O2.C15H21N3O.C14H19N3O3S.C14H21N3O2S.C13H16FN3O2S/c1-11(19)17-8-6-12(7-9-17)18-10-15(20)16-13-4-2-3-5-14(13)18;1-12(19)17-9-6-13(7-10-17)18-11-8-16-14-4-2-3-5-15(14)18;1-21(19,20)16-8-6-11(7-9-16)17-10-14(18)15-12-4-2-3-5-13(12)17;1-20(18,19)16-9-6-12(7-10-16)17-11-8-15-13-4-2-3-5-14(13)17;1-20(18,19)17-6-4-16(5-7-17)13-9-15-12-8-10(14)2-3-11(12)13/h2-5,12H,6-10H2,1H3,(H,16,20);2-5,13,16H,6-11H2,1H3;2-5,11H,6-10H2,1H3,(H,15,18);2-5,12,15H,6-11H2,1H3;2-3,8-9,15H,4-7H2,1H3. The van der Waals surface area contributed by atoms with Gasteiger partial charge in [-0.2, -0.15) is 4.31 Å². The minimum absolute atomic E-state index is 0.0146. The van der Waals surface area contributed by atoms with Gasteiger partial charge in [-0.25, -0.2) is 38.3 Å².